The lowest BCUT2D eigenvalue weighted by molar-refractivity contribution is 0.243. The van der Waals surface area contributed by atoms with E-state index in [0.717, 1.165) is 42.8 Å². The molecule has 0 bridgehead atoms. The average molecular weight is 435 g/mol. The Morgan fingerprint density at radius 3 is 2.50 bits per heavy atom. The molecule has 1 aromatic carbocycles. The van der Waals surface area contributed by atoms with Crippen LogP contribution in [0.15, 0.2) is 36.5 Å². The molecule has 1 aliphatic rings. The quantitative estimate of drug-likeness (QED) is 0.498. The van der Waals surface area contributed by atoms with E-state index in [0.29, 0.717) is 17.4 Å². The number of pyridine rings is 1. The Bertz CT molecular complexity index is 1100. The first kappa shape index (κ1) is 21.8. The Hall–Kier alpha value is -3.46. The summed E-state index contributed by atoms with van der Waals surface area (Å²) < 4.78 is 0. The number of rotatable bonds is 4. The molecule has 2 amide bonds. The lowest BCUT2D eigenvalue weighted by atomic mass is 10.1. The van der Waals surface area contributed by atoms with E-state index < -0.39 is 0 Å². The average Bonchev–Trinajstić information content (AvgIpc) is 2.73. The third-order valence-corrected chi connectivity index (χ3v) is 5.11. The van der Waals surface area contributed by atoms with Gasteiger partial charge < -0.3 is 20.9 Å². The van der Waals surface area contributed by atoms with Crippen LogP contribution < -0.4 is 26.2 Å². The van der Waals surface area contributed by atoms with Gasteiger partial charge in [0.25, 0.3) is 0 Å². The summed E-state index contributed by atoms with van der Waals surface area (Å²) in [6.07, 6.45) is 1.75. The first-order valence-electron chi connectivity index (χ1n) is 10.8. The minimum Gasteiger partial charge on any atom is -0.369 e. The van der Waals surface area contributed by atoms with Crippen molar-refractivity contribution >= 4 is 40.2 Å². The maximum atomic E-state index is 12.2. The molecule has 1 aliphatic heterocycles. The van der Waals surface area contributed by atoms with Gasteiger partial charge in [-0.15, -0.1) is 0 Å². The van der Waals surface area contributed by atoms with E-state index in [2.05, 4.69) is 53.3 Å². The number of aromatic nitrogens is 3. The van der Waals surface area contributed by atoms with Gasteiger partial charge in [-0.2, -0.15) is 4.98 Å². The van der Waals surface area contributed by atoms with Crippen LogP contribution >= 0.6 is 0 Å². The summed E-state index contributed by atoms with van der Waals surface area (Å²) in [5, 5.41) is 13.1. The zero-order chi connectivity index (χ0) is 22.7. The van der Waals surface area contributed by atoms with Gasteiger partial charge in [0.05, 0.1) is 0 Å². The van der Waals surface area contributed by atoms with Crippen molar-refractivity contribution in [3.63, 3.8) is 0 Å². The number of anilines is 4. The molecule has 1 saturated heterocycles. The standard InChI is InChI=1S/C23H30N8O/c1-15-13-19(28-22(32)30-23(2,3)4)27-20-18(15)14-25-21(29-20)26-16-5-7-17(8-6-16)31-11-9-24-10-12-31/h5-8,13-14,24H,9-12H2,1-4H3,(H3,25,26,27,28,29,30,32). The highest BCUT2D eigenvalue weighted by Gasteiger charge is 2.15. The van der Waals surface area contributed by atoms with Gasteiger partial charge in [0.1, 0.15) is 5.82 Å². The van der Waals surface area contributed by atoms with Crippen LogP contribution in [0.4, 0.5) is 27.9 Å². The van der Waals surface area contributed by atoms with Crippen molar-refractivity contribution in [2.24, 2.45) is 0 Å². The van der Waals surface area contributed by atoms with Gasteiger partial charge in [-0.25, -0.2) is 14.8 Å². The molecular weight excluding hydrogens is 404 g/mol. The molecule has 3 heterocycles. The Morgan fingerprint density at radius 2 is 1.81 bits per heavy atom. The summed E-state index contributed by atoms with van der Waals surface area (Å²) >= 11 is 0. The fourth-order valence-corrected chi connectivity index (χ4v) is 3.59. The van der Waals surface area contributed by atoms with E-state index in [1.807, 2.05) is 45.9 Å². The van der Waals surface area contributed by atoms with Gasteiger partial charge in [-0.05, 0) is 63.6 Å². The molecule has 2 aromatic heterocycles. The minimum atomic E-state index is -0.338. The number of carbonyl (C=O) groups excluding carboxylic acids is 1. The van der Waals surface area contributed by atoms with E-state index >= 15 is 0 Å². The molecule has 0 atom stereocenters. The van der Waals surface area contributed by atoms with Gasteiger partial charge in [0, 0.05) is 54.7 Å². The van der Waals surface area contributed by atoms with Crippen LogP contribution in [0.5, 0.6) is 0 Å². The zero-order valence-electron chi connectivity index (χ0n) is 19.0. The maximum Gasteiger partial charge on any atom is 0.320 e. The Balaban J connectivity index is 1.50. The van der Waals surface area contributed by atoms with Gasteiger partial charge >= 0.3 is 6.03 Å². The van der Waals surface area contributed by atoms with Gasteiger partial charge in [0.15, 0.2) is 5.65 Å². The fourth-order valence-electron chi connectivity index (χ4n) is 3.59. The van der Waals surface area contributed by atoms with Crippen LogP contribution in [0.3, 0.4) is 0 Å². The molecule has 3 aromatic rings. The highest BCUT2D eigenvalue weighted by Crippen LogP contribution is 2.23. The number of urea groups is 1. The highest BCUT2D eigenvalue weighted by molar-refractivity contribution is 5.91. The predicted octanol–water partition coefficient (Wildman–Crippen LogP) is 3.41. The van der Waals surface area contributed by atoms with Gasteiger partial charge in [-0.1, -0.05) is 0 Å². The molecule has 9 heteroatoms. The van der Waals surface area contributed by atoms with Crippen molar-refractivity contribution in [1.82, 2.24) is 25.6 Å². The monoisotopic (exact) mass is 434 g/mol. The van der Waals surface area contributed by atoms with Crippen molar-refractivity contribution in [2.75, 3.05) is 41.7 Å². The lowest BCUT2D eigenvalue weighted by Gasteiger charge is -2.29. The summed E-state index contributed by atoms with van der Waals surface area (Å²) in [7, 11) is 0. The van der Waals surface area contributed by atoms with Crippen LogP contribution in [0.1, 0.15) is 26.3 Å². The Morgan fingerprint density at radius 1 is 1.09 bits per heavy atom. The van der Waals surface area contributed by atoms with Crippen LogP contribution in [-0.4, -0.2) is 52.7 Å². The molecule has 0 radical (unpaired) electrons. The Kier molecular flexibility index (Phi) is 6.09. The van der Waals surface area contributed by atoms with Crippen molar-refractivity contribution in [2.45, 2.75) is 33.2 Å². The van der Waals surface area contributed by atoms with Crippen LogP contribution in [0.25, 0.3) is 11.0 Å². The molecule has 0 unspecified atom stereocenters. The van der Waals surface area contributed by atoms with E-state index in [1.54, 1.807) is 6.20 Å². The number of fused-ring (bicyclic) bond motifs is 1. The third-order valence-electron chi connectivity index (χ3n) is 5.11. The topological polar surface area (TPSA) is 107 Å². The molecule has 9 nitrogen and oxygen atoms in total. The maximum absolute atomic E-state index is 12.2. The largest absolute Gasteiger partial charge is 0.369 e. The van der Waals surface area contributed by atoms with Crippen LogP contribution in [-0.2, 0) is 0 Å². The molecule has 1 fully saturated rings. The first-order chi connectivity index (χ1) is 15.3. The number of nitrogens with one attached hydrogen (secondary N) is 4. The highest BCUT2D eigenvalue weighted by atomic mass is 16.2. The molecule has 0 aliphatic carbocycles. The van der Waals surface area contributed by atoms with Gasteiger partial charge in [-0.3, -0.25) is 5.32 Å². The molecule has 0 saturated carbocycles. The molecule has 4 N–H and O–H groups in total. The smallest absolute Gasteiger partial charge is 0.320 e. The molecular formula is C23H30N8O. The number of amides is 2. The van der Waals surface area contributed by atoms with E-state index in [1.165, 1.54) is 5.69 Å². The SMILES string of the molecule is Cc1cc(NC(=O)NC(C)(C)C)nc2nc(Nc3ccc(N4CCNCC4)cc3)ncc12. The van der Waals surface area contributed by atoms with Crippen molar-refractivity contribution in [3.05, 3.63) is 42.1 Å². The van der Waals surface area contributed by atoms with Crippen LogP contribution in [0, 0.1) is 6.92 Å². The van der Waals surface area contributed by atoms with E-state index in [-0.39, 0.29) is 11.6 Å². The zero-order valence-corrected chi connectivity index (χ0v) is 19.0. The molecule has 4 rings (SSSR count). The lowest BCUT2D eigenvalue weighted by Crippen LogP contribution is -2.43. The second-order valence-corrected chi connectivity index (χ2v) is 8.99. The molecule has 32 heavy (non-hydrogen) atoms. The summed E-state index contributed by atoms with van der Waals surface area (Å²) in [5.41, 5.74) is 3.23. The number of aryl methyl sites for hydroxylation is 1. The fraction of sp³-hybridized carbons (Fsp3) is 0.391. The minimum absolute atomic E-state index is 0.305. The number of hydrogen-bond donors (Lipinski definition) is 4. The first-order valence-corrected chi connectivity index (χ1v) is 10.8. The summed E-state index contributed by atoms with van der Waals surface area (Å²) in [6, 6.07) is 9.77. The number of nitrogens with zero attached hydrogens (tertiary/aromatic N) is 4. The van der Waals surface area contributed by atoms with E-state index in [4.69, 9.17) is 0 Å². The number of hydrogen-bond acceptors (Lipinski definition) is 7. The second kappa shape index (κ2) is 8.96. The van der Waals surface area contributed by atoms with Crippen LogP contribution in [0.2, 0.25) is 0 Å². The number of piperazine rings is 1. The second-order valence-electron chi connectivity index (χ2n) is 8.99. The van der Waals surface area contributed by atoms with E-state index in [9.17, 15) is 4.79 Å². The molecule has 0 spiro atoms. The summed E-state index contributed by atoms with van der Waals surface area (Å²) in [4.78, 5) is 28.1. The van der Waals surface area contributed by atoms with Crippen molar-refractivity contribution < 1.29 is 4.79 Å². The molecule has 168 valence electrons. The predicted molar refractivity (Wildman–Crippen MR) is 129 cm³/mol. The normalized spacial score (nSPS) is 14.3. The third kappa shape index (κ3) is 5.42. The number of carbonyl (C=O) groups is 1. The van der Waals surface area contributed by atoms with Gasteiger partial charge in [0.2, 0.25) is 5.95 Å². The van der Waals surface area contributed by atoms with Crippen molar-refractivity contribution in [1.29, 1.82) is 0 Å². The summed E-state index contributed by atoms with van der Waals surface area (Å²) in [6.45, 7) is 11.7. The number of benzene rings is 1. The van der Waals surface area contributed by atoms with Crippen molar-refractivity contribution in [3.8, 4) is 0 Å². The summed E-state index contributed by atoms with van der Waals surface area (Å²) in [5.74, 6) is 0.900. The Labute approximate surface area is 188 Å².